The van der Waals surface area contributed by atoms with E-state index in [9.17, 15) is 4.79 Å². The van der Waals surface area contributed by atoms with Crippen LogP contribution in [0.1, 0.15) is 87.9 Å². The van der Waals surface area contributed by atoms with Crippen molar-refractivity contribution in [3.63, 3.8) is 0 Å². The minimum Gasteiger partial charge on any atom is -0.341 e. The summed E-state index contributed by atoms with van der Waals surface area (Å²) >= 11 is 0. The van der Waals surface area contributed by atoms with Crippen LogP contribution in [0.4, 0.5) is 0 Å². The van der Waals surface area contributed by atoms with Crippen LogP contribution >= 0.6 is 0 Å². The molecule has 2 fully saturated rings. The van der Waals surface area contributed by atoms with Crippen LogP contribution in [0.25, 0.3) is 11.4 Å². The van der Waals surface area contributed by atoms with Gasteiger partial charge >= 0.3 is 0 Å². The van der Waals surface area contributed by atoms with Crippen molar-refractivity contribution in [3.8, 4) is 11.4 Å². The van der Waals surface area contributed by atoms with Crippen molar-refractivity contribution in [1.82, 2.24) is 19.8 Å². The van der Waals surface area contributed by atoms with Crippen LogP contribution < -0.4 is 0 Å². The van der Waals surface area contributed by atoms with Crippen LogP contribution in [0.3, 0.4) is 0 Å². The summed E-state index contributed by atoms with van der Waals surface area (Å²) in [6.45, 7) is 7.84. The van der Waals surface area contributed by atoms with E-state index in [2.05, 4.69) is 72.1 Å². The lowest BCUT2D eigenvalue weighted by Gasteiger charge is -2.33. The maximum Gasteiger partial charge on any atom is 0.254 e. The Hall–Kier alpha value is -2.92. The average Bonchev–Trinajstić information content (AvgIpc) is 3.26. The molecule has 1 saturated heterocycles. The van der Waals surface area contributed by atoms with Gasteiger partial charge in [0.15, 0.2) is 0 Å². The average molecular weight is 483 g/mol. The molecule has 5 heteroatoms. The zero-order valence-electron chi connectivity index (χ0n) is 21.9. The van der Waals surface area contributed by atoms with Crippen LogP contribution in [0.15, 0.2) is 36.4 Å². The molecule has 1 aliphatic carbocycles. The molecule has 188 valence electrons. The summed E-state index contributed by atoms with van der Waals surface area (Å²) in [5.74, 6) is 2.24. The summed E-state index contributed by atoms with van der Waals surface area (Å²) < 4.78 is 0. The number of likely N-dealkylation sites (tertiary alicyclic amines) is 1. The van der Waals surface area contributed by atoms with Crippen LogP contribution in [-0.2, 0) is 13.0 Å². The highest BCUT2D eigenvalue weighted by molar-refractivity contribution is 5.97. The zero-order valence-corrected chi connectivity index (χ0v) is 21.9. The van der Waals surface area contributed by atoms with Crippen molar-refractivity contribution in [3.05, 3.63) is 75.6 Å². The Labute approximate surface area is 214 Å². The number of fused-ring (bicyclic) bond motifs is 1. The van der Waals surface area contributed by atoms with Gasteiger partial charge in [0.1, 0.15) is 5.82 Å². The van der Waals surface area contributed by atoms with Crippen molar-refractivity contribution in [2.75, 3.05) is 26.7 Å². The van der Waals surface area contributed by atoms with Gasteiger partial charge in [0, 0.05) is 43.7 Å². The van der Waals surface area contributed by atoms with Crippen molar-refractivity contribution in [2.45, 2.75) is 70.8 Å². The number of amides is 1. The minimum absolute atomic E-state index is 0.173. The summed E-state index contributed by atoms with van der Waals surface area (Å²) in [5.41, 5.74) is 9.57. The van der Waals surface area contributed by atoms with Crippen molar-refractivity contribution >= 4 is 5.91 Å². The summed E-state index contributed by atoms with van der Waals surface area (Å²) in [4.78, 5) is 26.9. The fourth-order valence-electron chi connectivity index (χ4n) is 6.20. The largest absolute Gasteiger partial charge is 0.341 e. The fourth-order valence-corrected chi connectivity index (χ4v) is 6.20. The van der Waals surface area contributed by atoms with E-state index >= 15 is 0 Å². The Morgan fingerprint density at radius 3 is 2.42 bits per heavy atom. The van der Waals surface area contributed by atoms with E-state index < -0.39 is 0 Å². The van der Waals surface area contributed by atoms with Gasteiger partial charge in [-0.15, -0.1) is 0 Å². The standard InChI is InChI=1S/C31H38N4O/c1-20-7-9-22(10-8-20)23-11-15-35(16-12-23)31(36)25-18-27(26(17-21(25)2)24-5-4-6-24)30-32-28-13-14-34(3)19-29(28)33-30/h7-10,17-18,23-24H,4-6,11-16,19H2,1-3H3,(H,32,33). The molecule has 1 saturated carbocycles. The number of nitrogens with one attached hydrogen (secondary N) is 1. The van der Waals surface area contributed by atoms with Crippen LogP contribution in [-0.4, -0.2) is 52.4 Å². The first kappa shape index (κ1) is 23.5. The lowest BCUT2D eigenvalue weighted by Crippen LogP contribution is -2.38. The number of benzene rings is 2. The number of likely N-dealkylation sites (N-methyl/N-ethyl adjacent to an activating group) is 1. The monoisotopic (exact) mass is 482 g/mol. The summed E-state index contributed by atoms with van der Waals surface area (Å²) in [6.07, 6.45) is 6.79. The smallest absolute Gasteiger partial charge is 0.254 e. The fraction of sp³-hybridized carbons (Fsp3) is 0.484. The van der Waals surface area contributed by atoms with Gasteiger partial charge in [0.2, 0.25) is 0 Å². The predicted octanol–water partition coefficient (Wildman–Crippen LogP) is 5.97. The second-order valence-corrected chi connectivity index (χ2v) is 11.4. The number of hydrogen-bond acceptors (Lipinski definition) is 3. The molecule has 3 heterocycles. The number of piperidine rings is 1. The van der Waals surface area contributed by atoms with E-state index in [1.807, 2.05) is 0 Å². The normalized spacial score (nSPS) is 19.2. The molecular weight excluding hydrogens is 444 g/mol. The third-order valence-electron chi connectivity index (χ3n) is 8.78. The van der Waals surface area contributed by atoms with E-state index in [0.717, 1.165) is 68.0 Å². The third-order valence-corrected chi connectivity index (χ3v) is 8.78. The molecule has 0 unspecified atom stereocenters. The van der Waals surface area contributed by atoms with Gasteiger partial charge in [-0.25, -0.2) is 4.98 Å². The van der Waals surface area contributed by atoms with Gasteiger partial charge < -0.3 is 14.8 Å². The minimum atomic E-state index is 0.173. The summed E-state index contributed by atoms with van der Waals surface area (Å²) in [7, 11) is 2.16. The topological polar surface area (TPSA) is 52.2 Å². The lowest BCUT2D eigenvalue weighted by molar-refractivity contribution is 0.0712. The second kappa shape index (κ2) is 9.51. The first-order valence-corrected chi connectivity index (χ1v) is 13.7. The van der Waals surface area contributed by atoms with Crippen molar-refractivity contribution in [1.29, 1.82) is 0 Å². The summed E-state index contributed by atoms with van der Waals surface area (Å²) in [6, 6.07) is 13.4. The Balaban J connectivity index is 1.27. The highest BCUT2D eigenvalue weighted by Crippen LogP contribution is 2.42. The van der Waals surface area contributed by atoms with E-state index in [4.69, 9.17) is 4.98 Å². The van der Waals surface area contributed by atoms with Gasteiger partial charge in [-0.05, 0) is 81.2 Å². The molecule has 2 aromatic carbocycles. The zero-order chi connectivity index (χ0) is 24.8. The first-order valence-electron chi connectivity index (χ1n) is 13.7. The van der Waals surface area contributed by atoms with Crippen molar-refractivity contribution in [2.24, 2.45) is 0 Å². The van der Waals surface area contributed by atoms with Crippen LogP contribution in [0, 0.1) is 13.8 Å². The maximum atomic E-state index is 13.8. The molecule has 0 bridgehead atoms. The van der Waals surface area contributed by atoms with Gasteiger partial charge in [0.05, 0.1) is 11.4 Å². The number of H-pyrrole nitrogens is 1. The van der Waals surface area contributed by atoms with Gasteiger partial charge in [-0.1, -0.05) is 42.3 Å². The lowest BCUT2D eigenvalue weighted by atomic mass is 9.77. The number of imidazole rings is 1. The molecule has 36 heavy (non-hydrogen) atoms. The predicted molar refractivity (Wildman–Crippen MR) is 144 cm³/mol. The molecule has 1 amide bonds. The molecule has 3 aliphatic rings. The first-order chi connectivity index (χ1) is 17.5. The van der Waals surface area contributed by atoms with Crippen molar-refractivity contribution < 1.29 is 4.79 Å². The molecule has 0 radical (unpaired) electrons. The van der Waals surface area contributed by atoms with Gasteiger partial charge in [-0.2, -0.15) is 0 Å². The maximum absolute atomic E-state index is 13.8. The highest BCUT2D eigenvalue weighted by atomic mass is 16.2. The molecule has 1 aromatic heterocycles. The molecule has 1 N–H and O–H groups in total. The molecular formula is C31H38N4O. The Kier molecular flexibility index (Phi) is 6.20. The highest BCUT2D eigenvalue weighted by Gasteiger charge is 2.30. The number of aryl methyl sites for hydroxylation is 2. The Morgan fingerprint density at radius 2 is 1.72 bits per heavy atom. The number of carbonyl (C=O) groups is 1. The number of carbonyl (C=O) groups excluding carboxylic acids is 1. The van der Waals surface area contributed by atoms with E-state index in [-0.39, 0.29) is 5.91 Å². The third kappa shape index (κ3) is 4.39. The molecule has 6 rings (SSSR count). The number of nitrogens with zero attached hydrogens (tertiary/aromatic N) is 3. The van der Waals surface area contributed by atoms with E-state index in [0.29, 0.717) is 11.8 Å². The van der Waals surface area contributed by atoms with E-state index in [1.165, 1.54) is 47.3 Å². The van der Waals surface area contributed by atoms with Gasteiger partial charge in [0.25, 0.3) is 5.91 Å². The molecule has 3 aromatic rings. The molecule has 0 atom stereocenters. The molecule has 5 nitrogen and oxygen atoms in total. The van der Waals surface area contributed by atoms with Gasteiger partial charge in [-0.3, -0.25) is 4.79 Å². The van der Waals surface area contributed by atoms with Crippen LogP contribution in [0.5, 0.6) is 0 Å². The SMILES string of the molecule is Cc1ccc(C2CCN(C(=O)c3cc(-c4nc5c([nH]4)CN(C)CC5)c(C4CCC4)cc3C)CC2)cc1. The molecule has 2 aliphatic heterocycles. The molecule has 0 spiro atoms. The van der Waals surface area contributed by atoms with Crippen LogP contribution in [0.2, 0.25) is 0 Å². The number of rotatable bonds is 4. The number of aromatic amines is 1. The Morgan fingerprint density at radius 1 is 0.972 bits per heavy atom. The quantitative estimate of drug-likeness (QED) is 0.499. The Bertz CT molecular complexity index is 1260. The number of hydrogen-bond donors (Lipinski definition) is 1. The number of aromatic nitrogens is 2. The second-order valence-electron chi connectivity index (χ2n) is 11.4. The summed E-state index contributed by atoms with van der Waals surface area (Å²) in [5, 5.41) is 0. The van der Waals surface area contributed by atoms with E-state index in [1.54, 1.807) is 0 Å².